The number of carbonyl (C=O) groups is 1. The Labute approximate surface area is 227 Å². The number of hydrogen-bond donors (Lipinski definition) is 0. The molecule has 2 aliphatic rings. The van der Waals surface area contributed by atoms with Crippen LogP contribution in [0.3, 0.4) is 0 Å². The number of benzene rings is 2. The Hall–Kier alpha value is -3.31. The van der Waals surface area contributed by atoms with E-state index in [1.807, 2.05) is 4.90 Å². The molecule has 1 saturated carbocycles. The fourth-order valence-electron chi connectivity index (χ4n) is 5.22. The minimum absolute atomic E-state index is 0.00511. The summed E-state index contributed by atoms with van der Waals surface area (Å²) in [6, 6.07) is 10.1. The number of hydrogen-bond acceptors (Lipinski definition) is 8. The van der Waals surface area contributed by atoms with Gasteiger partial charge in [0, 0.05) is 35.3 Å². The van der Waals surface area contributed by atoms with Gasteiger partial charge in [-0.3, -0.25) is 4.79 Å². The predicted octanol–water partition coefficient (Wildman–Crippen LogP) is 4.86. The summed E-state index contributed by atoms with van der Waals surface area (Å²) in [6.07, 6.45) is 5.78. The van der Waals surface area contributed by atoms with Gasteiger partial charge in [-0.15, -0.1) is 11.3 Å². The lowest BCUT2D eigenvalue weighted by atomic mass is 9.84. The van der Waals surface area contributed by atoms with Crippen LogP contribution >= 0.6 is 11.3 Å². The lowest BCUT2D eigenvalue weighted by molar-refractivity contribution is -0.122. The largest absolute Gasteiger partial charge is 0.497 e. The molecule has 0 bridgehead atoms. The zero-order valence-corrected chi connectivity index (χ0v) is 23.3. The Morgan fingerprint density at radius 1 is 1.13 bits per heavy atom. The van der Waals surface area contributed by atoms with Crippen LogP contribution in [0.1, 0.15) is 38.2 Å². The molecule has 1 amide bonds. The zero-order valence-electron chi connectivity index (χ0n) is 21.6. The molecule has 2 heterocycles. The van der Waals surface area contributed by atoms with Crippen LogP contribution in [-0.2, 0) is 21.4 Å². The van der Waals surface area contributed by atoms with Gasteiger partial charge in [-0.2, -0.15) is 0 Å². The molecule has 202 valence electrons. The van der Waals surface area contributed by atoms with Crippen molar-refractivity contribution in [3.63, 3.8) is 0 Å². The number of nitrogens with zero attached hydrogens (tertiary/aromatic N) is 3. The number of fused-ring (bicyclic) bond motifs is 1. The van der Waals surface area contributed by atoms with Crippen LogP contribution in [0.5, 0.6) is 17.2 Å². The van der Waals surface area contributed by atoms with Crippen LogP contribution in [0.25, 0.3) is 0 Å². The van der Waals surface area contributed by atoms with Gasteiger partial charge in [-0.25, -0.2) is 17.7 Å². The molecule has 1 aromatic heterocycles. The molecule has 5 rings (SSSR count). The number of thiazole rings is 1. The van der Waals surface area contributed by atoms with Gasteiger partial charge < -0.3 is 19.1 Å². The Morgan fingerprint density at radius 2 is 1.95 bits per heavy atom. The molecule has 0 radical (unpaired) electrons. The van der Waals surface area contributed by atoms with Crippen molar-refractivity contribution in [2.45, 2.75) is 50.1 Å². The van der Waals surface area contributed by atoms with Gasteiger partial charge in [-0.1, -0.05) is 19.8 Å². The van der Waals surface area contributed by atoms with E-state index in [0.29, 0.717) is 39.5 Å². The van der Waals surface area contributed by atoms with E-state index in [1.165, 1.54) is 28.8 Å². The second kappa shape index (κ2) is 10.8. The van der Waals surface area contributed by atoms with Gasteiger partial charge in [0.1, 0.15) is 17.2 Å². The van der Waals surface area contributed by atoms with Crippen molar-refractivity contribution >= 4 is 38.1 Å². The standard InChI is InChI=1S/C27H31N3O6S2/c1-18-6-4-5-7-22(18)30-23-11-10-21(15-25(23)36-17-26(30)31)38(32,33)29(27-28-12-13-37-27)16-19-8-9-20(34-2)14-24(19)35-3/h8-15,18,22H,4-7,16-17H2,1-3H3/t18-,22-/m0/s1. The summed E-state index contributed by atoms with van der Waals surface area (Å²) in [5.41, 5.74) is 1.28. The maximum atomic E-state index is 14.0. The van der Waals surface area contributed by atoms with E-state index >= 15 is 0 Å². The van der Waals surface area contributed by atoms with E-state index < -0.39 is 10.0 Å². The monoisotopic (exact) mass is 557 g/mol. The van der Waals surface area contributed by atoms with Crippen molar-refractivity contribution in [1.82, 2.24) is 4.98 Å². The summed E-state index contributed by atoms with van der Waals surface area (Å²) in [5, 5.41) is 2.06. The molecular formula is C27H31N3O6S2. The number of methoxy groups -OCH3 is 2. The average Bonchev–Trinajstić information content (AvgIpc) is 3.46. The zero-order chi connectivity index (χ0) is 26.9. The molecule has 1 fully saturated rings. The maximum absolute atomic E-state index is 14.0. The summed E-state index contributed by atoms with van der Waals surface area (Å²) >= 11 is 1.23. The average molecular weight is 558 g/mol. The maximum Gasteiger partial charge on any atom is 0.266 e. The fraction of sp³-hybridized carbons (Fsp3) is 0.407. The lowest BCUT2D eigenvalue weighted by Crippen LogP contribution is -2.49. The first-order chi connectivity index (χ1) is 18.3. The highest BCUT2D eigenvalue weighted by molar-refractivity contribution is 7.93. The van der Waals surface area contributed by atoms with Crippen LogP contribution in [0.2, 0.25) is 0 Å². The molecule has 38 heavy (non-hydrogen) atoms. The van der Waals surface area contributed by atoms with Gasteiger partial charge in [0.15, 0.2) is 11.7 Å². The molecule has 2 atom stereocenters. The highest BCUT2D eigenvalue weighted by atomic mass is 32.2. The molecule has 11 heteroatoms. The second-order valence-corrected chi connectivity index (χ2v) is 12.3. The molecule has 1 aliphatic carbocycles. The second-order valence-electron chi connectivity index (χ2n) is 9.52. The normalized spacial score (nSPS) is 19.4. The molecule has 9 nitrogen and oxygen atoms in total. The third-order valence-corrected chi connectivity index (χ3v) is 9.88. The topological polar surface area (TPSA) is 98.3 Å². The Morgan fingerprint density at radius 3 is 2.66 bits per heavy atom. The predicted molar refractivity (Wildman–Crippen MR) is 146 cm³/mol. The highest BCUT2D eigenvalue weighted by Crippen LogP contribution is 2.41. The third-order valence-electron chi connectivity index (χ3n) is 7.24. The van der Waals surface area contributed by atoms with E-state index in [1.54, 1.807) is 49.0 Å². The smallest absolute Gasteiger partial charge is 0.266 e. The molecule has 0 N–H and O–H groups in total. The third kappa shape index (κ3) is 4.92. The van der Waals surface area contributed by atoms with Gasteiger partial charge >= 0.3 is 0 Å². The molecule has 0 unspecified atom stereocenters. The lowest BCUT2D eigenvalue weighted by Gasteiger charge is -2.41. The minimum atomic E-state index is -4.05. The van der Waals surface area contributed by atoms with E-state index in [9.17, 15) is 13.2 Å². The van der Waals surface area contributed by atoms with E-state index in [-0.39, 0.29) is 30.0 Å². The number of anilines is 2. The van der Waals surface area contributed by atoms with E-state index in [0.717, 1.165) is 25.7 Å². The first kappa shape index (κ1) is 26.3. The highest BCUT2D eigenvalue weighted by Gasteiger charge is 2.37. The van der Waals surface area contributed by atoms with Gasteiger partial charge in [-0.05, 0) is 43.0 Å². The van der Waals surface area contributed by atoms with Gasteiger partial charge in [0.05, 0.1) is 31.3 Å². The number of rotatable bonds is 8. The Kier molecular flexibility index (Phi) is 7.49. The van der Waals surface area contributed by atoms with Crippen LogP contribution in [0, 0.1) is 5.92 Å². The molecule has 3 aromatic rings. The van der Waals surface area contributed by atoms with Crippen molar-refractivity contribution in [3.8, 4) is 17.2 Å². The van der Waals surface area contributed by atoms with Crippen LogP contribution in [0.15, 0.2) is 52.9 Å². The van der Waals surface area contributed by atoms with Gasteiger partial charge in [0.2, 0.25) is 0 Å². The number of aromatic nitrogens is 1. The van der Waals surface area contributed by atoms with Gasteiger partial charge in [0.25, 0.3) is 15.9 Å². The van der Waals surface area contributed by atoms with Crippen LogP contribution in [0.4, 0.5) is 10.8 Å². The summed E-state index contributed by atoms with van der Waals surface area (Å²) < 4.78 is 45.9. The first-order valence-electron chi connectivity index (χ1n) is 12.6. The van der Waals surface area contributed by atoms with E-state index in [4.69, 9.17) is 14.2 Å². The quantitative estimate of drug-likeness (QED) is 0.390. The molecule has 2 aromatic carbocycles. The minimum Gasteiger partial charge on any atom is -0.497 e. The summed E-state index contributed by atoms with van der Waals surface area (Å²) in [4.78, 5) is 19.1. The number of carbonyl (C=O) groups excluding carboxylic acids is 1. The number of amides is 1. The summed E-state index contributed by atoms with van der Waals surface area (Å²) in [7, 11) is -0.965. The number of ether oxygens (including phenoxy) is 3. The van der Waals surface area contributed by atoms with Crippen molar-refractivity contribution in [2.24, 2.45) is 5.92 Å². The summed E-state index contributed by atoms with van der Waals surface area (Å²) in [5.74, 6) is 1.77. The molecule has 0 spiro atoms. The SMILES string of the molecule is COc1ccc(CN(c2nccs2)S(=O)(=O)c2ccc3c(c2)OCC(=O)N3[C@H]2CCCC[C@@H]2C)c(OC)c1. The molecule has 1 aliphatic heterocycles. The van der Waals surface area contributed by atoms with Crippen LogP contribution < -0.4 is 23.4 Å². The van der Waals surface area contributed by atoms with Crippen LogP contribution in [-0.4, -0.2) is 46.2 Å². The molecular weight excluding hydrogens is 526 g/mol. The Bertz CT molecular complexity index is 1410. The van der Waals surface area contributed by atoms with Crippen molar-refractivity contribution in [1.29, 1.82) is 0 Å². The van der Waals surface area contributed by atoms with Crippen molar-refractivity contribution in [2.75, 3.05) is 30.0 Å². The fourth-order valence-corrected chi connectivity index (χ4v) is 7.50. The Balaban J connectivity index is 1.52. The van der Waals surface area contributed by atoms with Crippen molar-refractivity contribution in [3.05, 3.63) is 53.5 Å². The van der Waals surface area contributed by atoms with Crippen molar-refractivity contribution < 1.29 is 27.4 Å². The number of sulfonamides is 1. The first-order valence-corrected chi connectivity index (χ1v) is 14.9. The molecule has 0 saturated heterocycles. The van der Waals surface area contributed by atoms with E-state index in [2.05, 4.69) is 11.9 Å². The summed E-state index contributed by atoms with van der Waals surface area (Å²) in [6.45, 7) is 2.06.